The van der Waals surface area contributed by atoms with E-state index in [0.29, 0.717) is 32.2 Å². The van der Waals surface area contributed by atoms with E-state index in [-0.39, 0.29) is 18.5 Å². The van der Waals surface area contributed by atoms with Crippen molar-refractivity contribution in [2.75, 3.05) is 17.1 Å². The Morgan fingerprint density at radius 1 is 1.08 bits per heavy atom. The lowest BCUT2D eigenvalue weighted by molar-refractivity contribution is -0.140. The number of carbonyl (C=O) groups is 2. The van der Waals surface area contributed by atoms with Crippen molar-refractivity contribution < 1.29 is 18.0 Å². The van der Waals surface area contributed by atoms with Crippen molar-refractivity contribution in [3.05, 3.63) is 62.5 Å². The molecule has 0 aliphatic heterocycles. The summed E-state index contributed by atoms with van der Waals surface area (Å²) in [5, 5.41) is 3.78. The summed E-state index contributed by atoms with van der Waals surface area (Å²) in [5.41, 5.74) is 0.820. The lowest BCUT2D eigenvalue weighted by Crippen LogP contribution is -2.53. The van der Waals surface area contributed by atoms with Gasteiger partial charge in [0.25, 0.3) is 0 Å². The summed E-state index contributed by atoms with van der Waals surface area (Å²) < 4.78 is 27.0. The molecule has 196 valence electrons. The van der Waals surface area contributed by atoms with Gasteiger partial charge in [-0.2, -0.15) is 0 Å². The minimum absolute atomic E-state index is 0.0402. The Morgan fingerprint density at radius 2 is 1.69 bits per heavy atom. The van der Waals surface area contributed by atoms with Gasteiger partial charge in [0.15, 0.2) is 0 Å². The minimum Gasteiger partial charge on any atom is -0.352 e. The molecule has 7 nitrogen and oxygen atoms in total. The summed E-state index contributed by atoms with van der Waals surface area (Å²) in [6.45, 7) is 1.29. The maximum atomic E-state index is 13.8. The molecule has 0 radical (unpaired) electrons. The van der Waals surface area contributed by atoms with Gasteiger partial charge in [-0.15, -0.1) is 0 Å². The Labute approximate surface area is 231 Å². The molecule has 36 heavy (non-hydrogen) atoms. The largest absolute Gasteiger partial charge is 0.352 e. The number of hydrogen-bond acceptors (Lipinski definition) is 4. The third-order valence-corrected chi connectivity index (χ3v) is 8.78. The van der Waals surface area contributed by atoms with Crippen molar-refractivity contribution in [2.24, 2.45) is 0 Å². The Balaban J connectivity index is 1.98. The molecule has 1 aliphatic rings. The molecule has 1 saturated carbocycles. The molecule has 0 bridgehead atoms. The fraction of sp³-hybridized carbons (Fsp3) is 0.440. The molecule has 1 N–H and O–H groups in total. The number of nitrogens with zero attached hydrogens (tertiary/aromatic N) is 2. The Hall–Kier alpha value is -1.81. The lowest BCUT2D eigenvalue weighted by Gasteiger charge is -2.34. The van der Waals surface area contributed by atoms with Gasteiger partial charge in [-0.1, -0.05) is 61.2 Å². The van der Waals surface area contributed by atoms with E-state index < -0.39 is 28.5 Å². The first-order chi connectivity index (χ1) is 17.0. The number of nitrogens with one attached hydrogen (secondary N) is 1. The van der Waals surface area contributed by atoms with Crippen LogP contribution in [-0.4, -0.2) is 50.0 Å². The fourth-order valence-corrected chi connectivity index (χ4v) is 6.38. The maximum absolute atomic E-state index is 13.8. The van der Waals surface area contributed by atoms with E-state index in [1.54, 1.807) is 42.5 Å². The van der Waals surface area contributed by atoms with Gasteiger partial charge in [0.05, 0.1) is 11.9 Å². The van der Waals surface area contributed by atoms with Crippen LogP contribution in [-0.2, 0) is 26.2 Å². The van der Waals surface area contributed by atoms with Crippen LogP contribution in [0.2, 0.25) is 10.0 Å². The third kappa shape index (κ3) is 7.15. The monoisotopic (exact) mass is 617 g/mol. The summed E-state index contributed by atoms with van der Waals surface area (Å²) in [7, 11) is -3.83. The second-order valence-electron chi connectivity index (χ2n) is 8.86. The summed E-state index contributed by atoms with van der Waals surface area (Å²) in [4.78, 5) is 28.5. The Bertz CT molecular complexity index is 1190. The van der Waals surface area contributed by atoms with E-state index in [1.165, 1.54) is 4.90 Å². The molecule has 0 saturated heterocycles. The first-order valence-electron chi connectivity index (χ1n) is 11.8. The molecule has 1 fully saturated rings. The number of rotatable bonds is 10. The molecule has 11 heteroatoms. The highest BCUT2D eigenvalue weighted by atomic mass is 79.9. The second-order valence-corrected chi connectivity index (χ2v) is 12.4. The van der Waals surface area contributed by atoms with E-state index in [2.05, 4.69) is 21.2 Å². The predicted molar refractivity (Wildman–Crippen MR) is 148 cm³/mol. The van der Waals surface area contributed by atoms with Crippen LogP contribution < -0.4 is 9.62 Å². The van der Waals surface area contributed by atoms with Crippen molar-refractivity contribution >= 4 is 66.7 Å². The highest BCUT2D eigenvalue weighted by molar-refractivity contribution is 9.10. The molecular formula is C25H30BrCl2N3O4S. The highest BCUT2D eigenvalue weighted by Crippen LogP contribution is 2.30. The highest BCUT2D eigenvalue weighted by Gasteiger charge is 2.34. The summed E-state index contributed by atoms with van der Waals surface area (Å²) in [6.07, 6.45) is 5.27. The standard InChI is InChI=1S/C25H30BrCl2N3O4S/c1-3-22(25(33)29-17-9-4-5-10-17)30(15-18-20(27)12-8-13-21(18)28)24(32)16-31(36(2,34)35)23-14-7-6-11-19(23)26/h6-8,11-14,17,22H,3-5,9-10,15-16H2,1-2H3,(H,29,33)/t22-/m1/s1. The molecule has 2 amide bonds. The van der Waals surface area contributed by atoms with Gasteiger partial charge in [0.1, 0.15) is 12.6 Å². The minimum atomic E-state index is -3.83. The van der Waals surface area contributed by atoms with Gasteiger partial charge < -0.3 is 10.2 Å². The van der Waals surface area contributed by atoms with Crippen LogP contribution in [0.5, 0.6) is 0 Å². The first-order valence-corrected chi connectivity index (χ1v) is 15.2. The number of halogens is 3. The van der Waals surface area contributed by atoms with Gasteiger partial charge in [0.2, 0.25) is 21.8 Å². The van der Waals surface area contributed by atoms with E-state index in [4.69, 9.17) is 23.2 Å². The summed E-state index contributed by atoms with van der Waals surface area (Å²) in [5.74, 6) is -0.812. The van der Waals surface area contributed by atoms with Crippen LogP contribution in [0.15, 0.2) is 46.9 Å². The van der Waals surface area contributed by atoms with Crippen LogP contribution in [0, 0.1) is 0 Å². The van der Waals surface area contributed by atoms with E-state index in [1.807, 2.05) is 6.92 Å². The Morgan fingerprint density at radius 3 is 2.25 bits per heavy atom. The van der Waals surface area contributed by atoms with E-state index in [9.17, 15) is 18.0 Å². The van der Waals surface area contributed by atoms with E-state index >= 15 is 0 Å². The fourth-order valence-electron chi connectivity index (χ4n) is 4.39. The van der Waals surface area contributed by atoms with Crippen molar-refractivity contribution in [1.29, 1.82) is 0 Å². The first kappa shape index (κ1) is 28.8. The average molecular weight is 619 g/mol. The van der Waals surface area contributed by atoms with Crippen molar-refractivity contribution in [2.45, 2.75) is 57.7 Å². The molecule has 0 heterocycles. The van der Waals surface area contributed by atoms with Crippen molar-refractivity contribution in [3.8, 4) is 0 Å². The molecule has 0 unspecified atom stereocenters. The zero-order valence-corrected chi connectivity index (χ0v) is 24.1. The van der Waals surface area contributed by atoms with Crippen LogP contribution in [0.25, 0.3) is 0 Å². The maximum Gasteiger partial charge on any atom is 0.244 e. The number of carbonyl (C=O) groups excluding carboxylic acids is 2. The number of hydrogen-bond donors (Lipinski definition) is 1. The SMILES string of the molecule is CC[C@H](C(=O)NC1CCCC1)N(Cc1c(Cl)cccc1Cl)C(=O)CN(c1ccccc1Br)S(C)(=O)=O. The van der Waals surface area contributed by atoms with Crippen LogP contribution in [0.4, 0.5) is 5.69 Å². The molecule has 0 aromatic heterocycles. The van der Waals surface area contributed by atoms with Gasteiger partial charge in [-0.05, 0) is 59.5 Å². The zero-order chi connectivity index (χ0) is 26.5. The molecule has 2 aromatic carbocycles. The van der Waals surface area contributed by atoms with Crippen molar-refractivity contribution in [1.82, 2.24) is 10.2 Å². The van der Waals surface area contributed by atoms with Crippen LogP contribution in [0.3, 0.4) is 0 Å². The normalized spacial score (nSPS) is 14.9. The zero-order valence-electron chi connectivity index (χ0n) is 20.2. The summed E-state index contributed by atoms with van der Waals surface area (Å²) >= 11 is 16.2. The number of sulfonamides is 1. The third-order valence-electron chi connectivity index (χ3n) is 6.28. The Kier molecular flexibility index (Phi) is 10.1. The quantitative estimate of drug-likeness (QED) is 0.387. The number of para-hydroxylation sites is 1. The second kappa shape index (κ2) is 12.6. The van der Waals surface area contributed by atoms with Gasteiger partial charge in [0, 0.05) is 32.7 Å². The molecule has 0 spiro atoms. The summed E-state index contributed by atoms with van der Waals surface area (Å²) in [6, 6.07) is 11.0. The van der Waals surface area contributed by atoms with E-state index in [0.717, 1.165) is 36.2 Å². The average Bonchev–Trinajstić information content (AvgIpc) is 3.32. The van der Waals surface area contributed by atoms with Crippen molar-refractivity contribution in [3.63, 3.8) is 0 Å². The number of anilines is 1. The van der Waals surface area contributed by atoms with Gasteiger partial charge in [-0.25, -0.2) is 8.42 Å². The molecule has 3 rings (SSSR count). The molecular weight excluding hydrogens is 589 g/mol. The molecule has 1 aliphatic carbocycles. The lowest BCUT2D eigenvalue weighted by atomic mass is 10.1. The number of benzene rings is 2. The van der Waals surface area contributed by atoms with Gasteiger partial charge >= 0.3 is 0 Å². The van der Waals surface area contributed by atoms with Gasteiger partial charge in [-0.3, -0.25) is 13.9 Å². The smallest absolute Gasteiger partial charge is 0.244 e. The predicted octanol–water partition coefficient (Wildman–Crippen LogP) is 5.39. The molecule has 1 atom stereocenters. The topological polar surface area (TPSA) is 86.8 Å². The number of amides is 2. The molecule has 2 aromatic rings. The van der Waals surface area contributed by atoms with Crippen LogP contribution >= 0.6 is 39.1 Å². The van der Waals surface area contributed by atoms with Crippen LogP contribution in [0.1, 0.15) is 44.6 Å².